The van der Waals surface area contributed by atoms with E-state index in [0.29, 0.717) is 13.0 Å². The molecule has 23 heavy (non-hydrogen) atoms. The fourth-order valence-corrected chi connectivity index (χ4v) is 4.04. The second kappa shape index (κ2) is 5.06. The third-order valence-corrected chi connectivity index (χ3v) is 5.47. The number of halogens is 1. The molecule has 2 saturated heterocycles. The molecular weight excluding hydrogens is 362 g/mol. The van der Waals surface area contributed by atoms with E-state index >= 15 is 0 Å². The van der Waals surface area contributed by atoms with Crippen molar-refractivity contribution in [2.24, 2.45) is 5.92 Å². The second-order valence-electron chi connectivity index (χ2n) is 6.50. The number of likely N-dealkylation sites (tertiary alicyclic amines) is 1. The van der Waals surface area contributed by atoms with Crippen molar-refractivity contribution in [1.29, 1.82) is 0 Å². The van der Waals surface area contributed by atoms with Crippen LogP contribution < -0.4 is 10.6 Å². The van der Waals surface area contributed by atoms with Crippen LogP contribution in [0.25, 0.3) is 0 Å². The summed E-state index contributed by atoms with van der Waals surface area (Å²) in [7, 11) is 0. The Morgan fingerprint density at radius 2 is 2.17 bits per heavy atom. The topological polar surface area (TPSA) is 78.5 Å². The molecule has 1 spiro atoms. The Balaban J connectivity index is 1.44. The van der Waals surface area contributed by atoms with E-state index in [1.807, 2.05) is 24.3 Å². The molecule has 0 aromatic heterocycles. The Bertz CT molecular complexity index is 722. The van der Waals surface area contributed by atoms with E-state index in [9.17, 15) is 14.4 Å². The van der Waals surface area contributed by atoms with Crippen molar-refractivity contribution in [1.82, 2.24) is 15.5 Å². The molecule has 120 valence electrons. The molecule has 1 saturated carbocycles. The Kier molecular flexibility index (Phi) is 3.23. The number of hydrogen-bond acceptors (Lipinski definition) is 3. The van der Waals surface area contributed by atoms with Gasteiger partial charge in [0.15, 0.2) is 0 Å². The average molecular weight is 378 g/mol. The largest absolute Gasteiger partial charge is 0.339 e. The Hall–Kier alpha value is -1.89. The van der Waals surface area contributed by atoms with E-state index < -0.39 is 11.6 Å². The highest BCUT2D eigenvalue weighted by molar-refractivity contribution is 9.10. The smallest absolute Gasteiger partial charge is 0.322 e. The molecule has 0 radical (unpaired) electrons. The number of benzene rings is 1. The fourth-order valence-electron chi connectivity index (χ4n) is 3.62. The highest BCUT2D eigenvalue weighted by atomic mass is 79.9. The number of nitrogens with zero attached hydrogens (tertiary/aromatic N) is 1. The maximum Gasteiger partial charge on any atom is 0.322 e. The van der Waals surface area contributed by atoms with Crippen LogP contribution in [0.5, 0.6) is 0 Å². The summed E-state index contributed by atoms with van der Waals surface area (Å²) in [5.74, 6) is 0.00102. The van der Waals surface area contributed by atoms with Crippen molar-refractivity contribution in [3.8, 4) is 0 Å². The summed E-state index contributed by atoms with van der Waals surface area (Å²) < 4.78 is 1.01. The summed E-state index contributed by atoms with van der Waals surface area (Å²) in [4.78, 5) is 37.7. The molecule has 3 aliphatic rings. The molecule has 2 N–H and O–H groups in total. The maximum atomic E-state index is 12.7. The van der Waals surface area contributed by atoms with Crippen LogP contribution in [0.2, 0.25) is 0 Å². The number of hydrogen-bond donors (Lipinski definition) is 2. The Labute approximate surface area is 141 Å². The third kappa shape index (κ3) is 2.43. The molecule has 0 bridgehead atoms. The number of imide groups is 1. The Morgan fingerprint density at radius 3 is 2.87 bits per heavy atom. The van der Waals surface area contributed by atoms with Crippen LogP contribution >= 0.6 is 15.9 Å². The van der Waals surface area contributed by atoms with E-state index in [1.54, 1.807) is 4.90 Å². The zero-order valence-corrected chi connectivity index (χ0v) is 13.9. The molecule has 2 aliphatic heterocycles. The van der Waals surface area contributed by atoms with Crippen molar-refractivity contribution in [3.63, 3.8) is 0 Å². The van der Waals surface area contributed by atoms with Gasteiger partial charge < -0.3 is 10.2 Å². The summed E-state index contributed by atoms with van der Waals surface area (Å²) in [5, 5.41) is 4.94. The lowest BCUT2D eigenvalue weighted by atomic mass is 9.99. The maximum absolute atomic E-state index is 12.7. The lowest BCUT2D eigenvalue weighted by Crippen LogP contribution is -2.49. The first-order valence-corrected chi connectivity index (χ1v) is 8.46. The van der Waals surface area contributed by atoms with Crippen molar-refractivity contribution < 1.29 is 14.4 Å². The second-order valence-corrected chi connectivity index (χ2v) is 7.42. The van der Waals surface area contributed by atoms with Crippen LogP contribution in [0.4, 0.5) is 4.79 Å². The van der Waals surface area contributed by atoms with Crippen LogP contribution in [0.15, 0.2) is 28.7 Å². The lowest BCUT2D eigenvalue weighted by molar-refractivity contribution is -0.132. The minimum absolute atomic E-state index is 0.0142. The van der Waals surface area contributed by atoms with E-state index in [-0.39, 0.29) is 30.2 Å². The minimum atomic E-state index is -0.924. The predicted octanol–water partition coefficient (Wildman–Crippen LogP) is 1.36. The van der Waals surface area contributed by atoms with Crippen molar-refractivity contribution in [2.75, 3.05) is 13.1 Å². The van der Waals surface area contributed by atoms with Crippen LogP contribution in [0.1, 0.15) is 24.3 Å². The lowest BCUT2D eigenvalue weighted by Gasteiger charge is -2.21. The van der Waals surface area contributed by atoms with Gasteiger partial charge in [-0.15, -0.1) is 0 Å². The number of nitrogens with one attached hydrogen (secondary N) is 2. The number of urea groups is 1. The van der Waals surface area contributed by atoms with Crippen molar-refractivity contribution in [3.05, 3.63) is 34.3 Å². The van der Waals surface area contributed by atoms with Gasteiger partial charge in [0.2, 0.25) is 5.91 Å². The zero-order valence-electron chi connectivity index (χ0n) is 12.3. The van der Waals surface area contributed by atoms with E-state index in [4.69, 9.17) is 0 Å². The molecule has 4 rings (SSSR count). The average Bonchev–Trinajstić information content (AvgIpc) is 3.12. The van der Waals surface area contributed by atoms with Gasteiger partial charge in [0.05, 0.1) is 6.54 Å². The first-order valence-electron chi connectivity index (χ1n) is 7.66. The van der Waals surface area contributed by atoms with Crippen molar-refractivity contribution >= 4 is 33.8 Å². The molecular formula is C16H16BrN3O3. The van der Waals surface area contributed by atoms with Crippen LogP contribution in [-0.4, -0.2) is 41.4 Å². The first-order chi connectivity index (χ1) is 11.0. The minimum Gasteiger partial charge on any atom is -0.339 e. The summed E-state index contributed by atoms with van der Waals surface area (Å²) in [5.41, 5.74) is 0.242. The molecule has 6 nitrogen and oxygen atoms in total. The molecule has 2 heterocycles. The number of carbonyl (C=O) groups is 3. The number of rotatable bonds is 2. The molecule has 1 aliphatic carbocycles. The quantitative estimate of drug-likeness (QED) is 0.763. The van der Waals surface area contributed by atoms with E-state index in [1.165, 1.54) is 5.56 Å². The number of amides is 4. The van der Waals surface area contributed by atoms with Crippen molar-refractivity contribution in [2.45, 2.75) is 24.3 Å². The van der Waals surface area contributed by atoms with Gasteiger partial charge in [-0.25, -0.2) is 4.79 Å². The van der Waals surface area contributed by atoms with Gasteiger partial charge in [0, 0.05) is 16.9 Å². The molecule has 1 aromatic rings. The van der Waals surface area contributed by atoms with Gasteiger partial charge in [-0.05, 0) is 36.5 Å². The molecule has 3 fully saturated rings. The Morgan fingerprint density at radius 1 is 1.35 bits per heavy atom. The molecule has 3 atom stereocenters. The SMILES string of the molecule is O=C1NC(=O)[C@]2(CCN(C(=O)[C@H]3C[C@H]3c3cccc(Br)c3)C2)N1. The van der Waals surface area contributed by atoms with E-state index in [2.05, 4.69) is 26.6 Å². The van der Waals surface area contributed by atoms with Gasteiger partial charge in [-0.1, -0.05) is 28.1 Å². The monoisotopic (exact) mass is 377 g/mol. The summed E-state index contributed by atoms with van der Waals surface area (Å²) in [6, 6.07) is 7.56. The molecule has 7 heteroatoms. The van der Waals surface area contributed by atoms with Gasteiger partial charge in [-0.3, -0.25) is 14.9 Å². The van der Waals surface area contributed by atoms with Crippen LogP contribution in [0, 0.1) is 5.92 Å². The highest BCUT2D eigenvalue weighted by Crippen LogP contribution is 2.49. The highest BCUT2D eigenvalue weighted by Gasteiger charge is 2.54. The molecule has 4 amide bonds. The summed E-state index contributed by atoms with van der Waals surface area (Å²) in [6.07, 6.45) is 1.32. The first kappa shape index (κ1) is 14.7. The van der Waals surface area contributed by atoms with Gasteiger partial charge in [0.1, 0.15) is 5.54 Å². The summed E-state index contributed by atoms with van der Waals surface area (Å²) in [6.45, 7) is 0.777. The third-order valence-electron chi connectivity index (χ3n) is 4.98. The standard InChI is InChI=1S/C16H16BrN3O3/c17-10-3-1-2-9(6-10)11-7-12(11)13(21)20-5-4-16(8-20)14(22)18-15(23)19-16/h1-3,6,11-12H,4-5,7-8H2,(H2,18,19,22,23)/t11-,12-,16+/m0/s1. The molecule has 1 aromatic carbocycles. The van der Waals surface area contributed by atoms with Crippen LogP contribution in [0.3, 0.4) is 0 Å². The van der Waals surface area contributed by atoms with Gasteiger partial charge in [-0.2, -0.15) is 0 Å². The number of carbonyl (C=O) groups excluding carboxylic acids is 3. The van der Waals surface area contributed by atoms with Crippen LogP contribution in [-0.2, 0) is 9.59 Å². The van der Waals surface area contributed by atoms with E-state index in [0.717, 1.165) is 10.9 Å². The van der Waals surface area contributed by atoms with Gasteiger partial charge >= 0.3 is 6.03 Å². The predicted molar refractivity (Wildman–Crippen MR) is 85.6 cm³/mol. The molecule has 0 unspecified atom stereocenters. The summed E-state index contributed by atoms with van der Waals surface area (Å²) >= 11 is 3.45. The zero-order chi connectivity index (χ0) is 16.2. The fraction of sp³-hybridized carbons (Fsp3) is 0.438. The van der Waals surface area contributed by atoms with Gasteiger partial charge in [0.25, 0.3) is 5.91 Å². The normalized spacial score (nSPS) is 32.1.